The molecular formula is C45H72N6Ni2O2S2+. The molecular weight excluding hydrogens is 838 g/mol. The molecule has 0 atom stereocenters. The number of hydrogen-bond acceptors (Lipinski definition) is 10. The van der Waals surface area contributed by atoms with Gasteiger partial charge in [0.15, 0.2) is 6.29 Å². The van der Waals surface area contributed by atoms with Crippen molar-refractivity contribution in [3.63, 3.8) is 0 Å². The van der Waals surface area contributed by atoms with Crippen LogP contribution >= 0.6 is 0 Å². The molecule has 0 amide bonds. The van der Waals surface area contributed by atoms with E-state index in [0.29, 0.717) is 5.56 Å². The van der Waals surface area contributed by atoms with Crippen LogP contribution in [0.2, 0.25) is 0 Å². The third kappa shape index (κ3) is 18.5. The standard InChI is InChI=1S/C38H66N6S2.C7H8O2.2Ni/c1-37(2,3)33-21-29-25-41(9)17-13-39(7)15-19-43(11)27-31-23-34(38(4,5)6)24-32(36(31)46)28-44(12)20-16-40(8)14-18-42(10)26-30(22-33)35(29)45;8-7(9)6-4-2-1-3-5-6;;/h21-24,45-46H,13-20,25-28H2,1-12H3;1-5,7-9H;;/q;;;+3/p-2. The Kier molecular flexibility index (Phi) is 23.5. The van der Waals surface area contributed by atoms with E-state index in [4.69, 9.17) is 35.5 Å². The summed E-state index contributed by atoms with van der Waals surface area (Å²) in [7, 11) is 13.4. The number of rotatable bonds is 1. The van der Waals surface area contributed by atoms with Crippen molar-refractivity contribution in [3.8, 4) is 0 Å². The average Bonchev–Trinajstić information content (AvgIpc) is 3.10. The van der Waals surface area contributed by atoms with E-state index in [2.05, 4.69) is 137 Å². The molecule has 1 aliphatic heterocycles. The number of fused-ring (bicyclic) bond motifs is 4. The van der Waals surface area contributed by atoms with Crippen LogP contribution < -0.4 is 0 Å². The Morgan fingerprint density at radius 2 is 0.719 bits per heavy atom. The number of aliphatic hydroxyl groups is 2. The van der Waals surface area contributed by atoms with E-state index < -0.39 is 6.29 Å². The van der Waals surface area contributed by atoms with Gasteiger partial charge in [-0.3, -0.25) is 0 Å². The van der Waals surface area contributed by atoms with Gasteiger partial charge >= 0.3 is 16.5 Å². The molecule has 12 heteroatoms. The van der Waals surface area contributed by atoms with Crippen LogP contribution in [0, 0.1) is 0 Å². The first kappa shape index (κ1) is 53.8. The molecule has 0 aromatic heterocycles. The molecule has 0 saturated carbocycles. The van der Waals surface area contributed by atoms with E-state index in [9.17, 15) is 0 Å². The molecule has 0 unspecified atom stereocenters. The summed E-state index contributed by atoms with van der Waals surface area (Å²) in [5.74, 6) is 0. The fraction of sp³-hybridized carbons (Fsp3) is 0.600. The van der Waals surface area contributed by atoms with Crippen LogP contribution in [-0.2, 0) is 95.2 Å². The van der Waals surface area contributed by atoms with E-state index in [1.807, 2.05) is 6.07 Å². The van der Waals surface area contributed by atoms with E-state index >= 15 is 0 Å². The zero-order chi connectivity index (χ0) is 41.1. The second kappa shape index (κ2) is 24.9. The monoisotopic (exact) mass is 908 g/mol. The number of nitrogens with zero attached hydrogens (tertiary/aromatic N) is 6. The largest absolute Gasteiger partial charge is 3.00 e. The van der Waals surface area contributed by atoms with Crippen molar-refractivity contribution in [3.05, 3.63) is 93.5 Å². The Balaban J connectivity index is 0.00000130. The minimum Gasteiger partial charge on any atom is -0.779 e. The number of benzene rings is 3. The van der Waals surface area contributed by atoms with E-state index in [1.165, 1.54) is 33.4 Å². The maximum atomic E-state index is 8.58. The number of aliphatic hydroxyl groups excluding tert-OH is 1. The van der Waals surface area contributed by atoms with Gasteiger partial charge in [-0.1, -0.05) is 118 Å². The molecule has 8 nitrogen and oxygen atoms in total. The Morgan fingerprint density at radius 3 is 0.930 bits per heavy atom. The predicted molar refractivity (Wildman–Crippen MR) is 235 cm³/mol. The molecule has 4 rings (SSSR count). The van der Waals surface area contributed by atoms with Crippen LogP contribution in [0.1, 0.15) is 86.8 Å². The van der Waals surface area contributed by atoms with Gasteiger partial charge in [-0.15, -0.1) is 0 Å². The van der Waals surface area contributed by atoms with Crippen LogP contribution in [0.5, 0.6) is 0 Å². The van der Waals surface area contributed by atoms with Crippen LogP contribution in [0.25, 0.3) is 0 Å². The van der Waals surface area contributed by atoms with Crippen LogP contribution in [-0.4, -0.2) is 134 Å². The summed E-state index contributed by atoms with van der Waals surface area (Å²) in [6.07, 6.45) is -1.34. The van der Waals surface area contributed by atoms with Crippen molar-refractivity contribution in [1.29, 1.82) is 0 Å². The summed E-state index contributed by atoms with van der Waals surface area (Å²) in [6, 6.07) is 18.1. The second-order valence-corrected chi connectivity index (χ2v) is 18.9. The molecule has 3 aromatic rings. The molecule has 325 valence electrons. The van der Waals surface area contributed by atoms with Crippen molar-refractivity contribution in [2.75, 3.05) is 94.6 Å². The van der Waals surface area contributed by atoms with Gasteiger partial charge in [-0.25, -0.2) is 0 Å². The van der Waals surface area contributed by atoms with Crippen molar-refractivity contribution in [1.82, 2.24) is 29.4 Å². The zero-order valence-electron chi connectivity index (χ0n) is 36.8. The Labute approximate surface area is 378 Å². The maximum Gasteiger partial charge on any atom is 3.00 e. The third-order valence-corrected chi connectivity index (χ3v) is 11.6. The third-order valence-electron chi connectivity index (χ3n) is 10.5. The van der Waals surface area contributed by atoms with Crippen molar-refractivity contribution < 1.29 is 43.2 Å². The first-order chi connectivity index (χ1) is 25.6. The topological polar surface area (TPSA) is 59.9 Å². The minimum absolute atomic E-state index is 0. The van der Waals surface area contributed by atoms with E-state index in [1.54, 1.807) is 24.3 Å². The molecule has 0 fully saturated rings. The molecule has 2 N–H and O–H groups in total. The molecule has 0 saturated heterocycles. The number of hydrogen-bond donors (Lipinski definition) is 2. The predicted octanol–water partition coefficient (Wildman–Crippen LogP) is 6.06. The van der Waals surface area contributed by atoms with Gasteiger partial charge < -0.3 is 64.9 Å². The fourth-order valence-electron chi connectivity index (χ4n) is 6.54. The first-order valence-corrected chi connectivity index (χ1v) is 20.6. The summed E-state index contributed by atoms with van der Waals surface area (Å²) < 4.78 is 0. The fourth-order valence-corrected chi connectivity index (χ4v) is 7.03. The van der Waals surface area contributed by atoms with Crippen LogP contribution in [0.15, 0.2) is 64.4 Å². The zero-order valence-corrected chi connectivity index (χ0v) is 40.4. The van der Waals surface area contributed by atoms with E-state index in [-0.39, 0.29) is 43.8 Å². The molecule has 1 aliphatic rings. The van der Waals surface area contributed by atoms with Gasteiger partial charge in [0.25, 0.3) is 0 Å². The average molecular weight is 911 g/mol. The minimum atomic E-state index is -1.34. The number of likely N-dealkylation sites (N-methyl/N-ethyl adjacent to an activating group) is 6. The van der Waals surface area contributed by atoms with Crippen molar-refractivity contribution in [2.24, 2.45) is 0 Å². The summed E-state index contributed by atoms with van der Waals surface area (Å²) in [5, 5.41) is 17.2. The summed E-state index contributed by atoms with van der Waals surface area (Å²) in [6.45, 7) is 25.4. The normalized spacial score (nSPS) is 17.8. The smallest absolute Gasteiger partial charge is 0.779 e. The van der Waals surface area contributed by atoms with Crippen LogP contribution in [0.4, 0.5) is 0 Å². The Bertz CT molecular complexity index is 1450. The van der Waals surface area contributed by atoms with Gasteiger partial charge in [0.2, 0.25) is 0 Å². The first-order valence-electron chi connectivity index (χ1n) is 19.8. The molecule has 0 aliphatic carbocycles. The molecule has 3 aromatic carbocycles. The van der Waals surface area contributed by atoms with Gasteiger partial charge in [0.05, 0.1) is 0 Å². The quantitative estimate of drug-likeness (QED) is 0.171. The van der Waals surface area contributed by atoms with E-state index in [0.717, 1.165) is 88.3 Å². The van der Waals surface area contributed by atoms with Crippen molar-refractivity contribution in [2.45, 2.75) is 94.6 Å². The molecule has 4 bridgehead atoms. The molecule has 1 radical (unpaired) electrons. The second-order valence-electron chi connectivity index (χ2n) is 18.1. The molecule has 1 heterocycles. The molecule has 57 heavy (non-hydrogen) atoms. The summed E-state index contributed by atoms with van der Waals surface area (Å²) >= 11 is 12.3. The van der Waals surface area contributed by atoms with Gasteiger partial charge in [-0.05, 0) is 64.2 Å². The van der Waals surface area contributed by atoms with Gasteiger partial charge in [-0.2, -0.15) is 9.79 Å². The molecule has 0 spiro atoms. The Morgan fingerprint density at radius 1 is 0.474 bits per heavy atom. The summed E-state index contributed by atoms with van der Waals surface area (Å²) in [5.41, 5.74) is 8.54. The summed E-state index contributed by atoms with van der Waals surface area (Å²) in [4.78, 5) is 16.7. The SMILES string of the molecule is CN1CCN(C)Cc2cc(C(C)(C)C)cc(c2[S-])CN(C)CCN(C)CCN(C)Cc2cc(C(C)(C)C)cc(c2[S-])CN(C)CC1.OC(O)c1ccccc1.[Ni+3].[Ni]. The Hall–Kier alpha value is -1.23. The van der Waals surface area contributed by atoms with Gasteiger partial charge in [0.1, 0.15) is 0 Å². The van der Waals surface area contributed by atoms with Gasteiger partial charge in [0, 0.05) is 101 Å². The van der Waals surface area contributed by atoms with Crippen LogP contribution in [0.3, 0.4) is 0 Å². The van der Waals surface area contributed by atoms with Crippen molar-refractivity contribution >= 4 is 25.3 Å². The maximum absolute atomic E-state index is 8.58.